The molecule has 0 spiro atoms. The second-order valence-electron chi connectivity index (χ2n) is 6.32. The van der Waals surface area contributed by atoms with E-state index < -0.39 is 9.84 Å². The van der Waals surface area contributed by atoms with Crippen LogP contribution in [0.1, 0.15) is 22.3 Å². The van der Waals surface area contributed by atoms with Crippen molar-refractivity contribution in [3.05, 3.63) is 64.7 Å². The molecule has 2 aromatic rings. The van der Waals surface area contributed by atoms with Gasteiger partial charge in [0.2, 0.25) is 0 Å². The molecule has 26 heavy (non-hydrogen) atoms. The first-order valence-corrected chi connectivity index (χ1v) is 10.5. The van der Waals surface area contributed by atoms with Crippen LogP contribution in [0.5, 0.6) is 5.75 Å². The highest BCUT2D eigenvalue weighted by molar-refractivity contribution is 7.91. The van der Waals surface area contributed by atoms with Crippen LogP contribution in [0.25, 0.3) is 0 Å². The summed E-state index contributed by atoms with van der Waals surface area (Å²) in [5.74, 6) is 0.328. The van der Waals surface area contributed by atoms with Gasteiger partial charge >= 0.3 is 0 Å². The van der Waals surface area contributed by atoms with E-state index in [2.05, 4.69) is 0 Å². The monoisotopic (exact) mass is 393 g/mol. The minimum atomic E-state index is -3.12. The summed E-state index contributed by atoms with van der Waals surface area (Å²) in [6.07, 6.45) is 0.441. The van der Waals surface area contributed by atoms with Crippen LogP contribution in [0.2, 0.25) is 5.02 Å². The number of hydrogen-bond acceptors (Lipinski definition) is 4. The van der Waals surface area contributed by atoms with Crippen LogP contribution < -0.4 is 4.74 Å². The van der Waals surface area contributed by atoms with E-state index in [4.69, 9.17) is 16.3 Å². The second-order valence-corrected chi connectivity index (χ2v) is 8.98. The van der Waals surface area contributed by atoms with Crippen molar-refractivity contribution in [2.45, 2.75) is 19.0 Å². The number of carbonyl (C=O) groups excluding carboxylic acids is 1. The number of amides is 1. The Labute approximate surface area is 158 Å². The Hall–Kier alpha value is -2.05. The van der Waals surface area contributed by atoms with Gasteiger partial charge in [-0.05, 0) is 36.2 Å². The maximum Gasteiger partial charge on any atom is 0.258 e. The minimum absolute atomic E-state index is 0.0124. The molecule has 2 aromatic carbocycles. The van der Waals surface area contributed by atoms with Crippen LogP contribution in [0, 0.1) is 0 Å². The molecule has 1 fully saturated rings. The summed E-state index contributed by atoms with van der Waals surface area (Å²) in [5.41, 5.74) is 1.32. The predicted molar refractivity (Wildman–Crippen MR) is 101 cm³/mol. The Morgan fingerprint density at radius 2 is 1.88 bits per heavy atom. The van der Waals surface area contributed by atoms with Gasteiger partial charge in [0, 0.05) is 17.6 Å². The molecule has 3 rings (SSSR count). The number of ether oxygens (including phenoxy) is 1. The molecule has 0 radical (unpaired) electrons. The van der Waals surface area contributed by atoms with E-state index >= 15 is 0 Å². The Morgan fingerprint density at radius 3 is 2.50 bits per heavy atom. The van der Waals surface area contributed by atoms with Gasteiger partial charge in [-0.1, -0.05) is 35.9 Å². The third kappa shape index (κ3) is 4.19. The van der Waals surface area contributed by atoms with E-state index in [1.165, 1.54) is 7.11 Å². The van der Waals surface area contributed by atoms with Crippen molar-refractivity contribution in [2.75, 3.05) is 18.6 Å². The zero-order valence-corrected chi connectivity index (χ0v) is 16.0. The molecule has 1 amide bonds. The van der Waals surface area contributed by atoms with Crippen molar-refractivity contribution in [1.82, 2.24) is 4.90 Å². The predicted octanol–water partition coefficient (Wildman–Crippen LogP) is 3.18. The first kappa shape index (κ1) is 18.7. The van der Waals surface area contributed by atoms with E-state index in [9.17, 15) is 13.2 Å². The fourth-order valence-electron chi connectivity index (χ4n) is 3.15. The molecule has 0 saturated carbocycles. The average molecular weight is 394 g/mol. The molecule has 0 unspecified atom stereocenters. The third-order valence-corrected chi connectivity index (χ3v) is 6.52. The Morgan fingerprint density at radius 1 is 1.19 bits per heavy atom. The molecule has 7 heteroatoms. The fourth-order valence-corrected chi connectivity index (χ4v) is 5.01. The van der Waals surface area contributed by atoms with Gasteiger partial charge in [-0.15, -0.1) is 0 Å². The average Bonchev–Trinajstić information content (AvgIpc) is 3.00. The molecular weight excluding hydrogens is 374 g/mol. The molecule has 1 heterocycles. The molecule has 5 nitrogen and oxygen atoms in total. The van der Waals surface area contributed by atoms with Crippen molar-refractivity contribution >= 4 is 27.3 Å². The Balaban J connectivity index is 1.94. The molecule has 0 aromatic heterocycles. The van der Waals surface area contributed by atoms with Crippen molar-refractivity contribution in [3.8, 4) is 5.75 Å². The number of para-hydroxylation sites is 1. The van der Waals surface area contributed by atoms with Gasteiger partial charge in [-0.2, -0.15) is 0 Å². The molecular formula is C19H20ClNO4S. The van der Waals surface area contributed by atoms with E-state index in [1.807, 2.05) is 12.1 Å². The molecule has 1 aliphatic heterocycles. The summed E-state index contributed by atoms with van der Waals surface area (Å²) < 4.78 is 29.2. The van der Waals surface area contributed by atoms with E-state index in [0.29, 0.717) is 29.3 Å². The van der Waals surface area contributed by atoms with Gasteiger partial charge in [-0.25, -0.2) is 8.42 Å². The van der Waals surface area contributed by atoms with Gasteiger partial charge in [0.05, 0.1) is 24.2 Å². The molecule has 0 aliphatic carbocycles. The lowest BCUT2D eigenvalue weighted by molar-refractivity contribution is 0.0677. The van der Waals surface area contributed by atoms with Crippen LogP contribution in [0.4, 0.5) is 0 Å². The molecule has 0 bridgehead atoms. The zero-order chi connectivity index (χ0) is 18.7. The summed E-state index contributed by atoms with van der Waals surface area (Å²) in [5, 5.41) is 0.611. The number of nitrogens with zero attached hydrogens (tertiary/aromatic N) is 1. The number of halogens is 1. The van der Waals surface area contributed by atoms with Gasteiger partial charge < -0.3 is 9.64 Å². The van der Waals surface area contributed by atoms with Crippen LogP contribution in [-0.4, -0.2) is 43.9 Å². The minimum Gasteiger partial charge on any atom is -0.496 e. The summed E-state index contributed by atoms with van der Waals surface area (Å²) in [6, 6.07) is 13.8. The number of benzene rings is 2. The van der Waals surface area contributed by atoms with Crippen LogP contribution >= 0.6 is 11.6 Å². The molecule has 1 atom stereocenters. The second kappa shape index (κ2) is 7.68. The van der Waals surface area contributed by atoms with Gasteiger partial charge in [0.25, 0.3) is 5.91 Å². The summed E-state index contributed by atoms with van der Waals surface area (Å²) >= 11 is 5.93. The van der Waals surface area contributed by atoms with Crippen molar-refractivity contribution in [1.29, 1.82) is 0 Å². The third-order valence-electron chi connectivity index (χ3n) is 4.51. The maximum atomic E-state index is 13.2. The number of methoxy groups -OCH3 is 1. The highest BCUT2D eigenvalue weighted by atomic mass is 35.5. The van der Waals surface area contributed by atoms with Crippen LogP contribution in [-0.2, 0) is 16.4 Å². The smallest absolute Gasteiger partial charge is 0.258 e. The first-order chi connectivity index (χ1) is 12.4. The van der Waals surface area contributed by atoms with Gasteiger partial charge in [0.15, 0.2) is 9.84 Å². The van der Waals surface area contributed by atoms with Crippen molar-refractivity contribution in [2.24, 2.45) is 0 Å². The number of carbonyl (C=O) groups is 1. The SMILES string of the molecule is COc1ccccc1C(=O)N(Cc1ccc(Cl)cc1)[C@@H]1CCS(=O)(=O)C1. The van der Waals surface area contributed by atoms with Gasteiger partial charge in [0.1, 0.15) is 5.75 Å². The lowest BCUT2D eigenvalue weighted by Crippen LogP contribution is -2.40. The van der Waals surface area contributed by atoms with Crippen molar-refractivity contribution < 1.29 is 17.9 Å². The summed E-state index contributed by atoms with van der Waals surface area (Å²) in [4.78, 5) is 14.8. The number of hydrogen-bond donors (Lipinski definition) is 0. The Kier molecular flexibility index (Phi) is 5.53. The zero-order valence-electron chi connectivity index (χ0n) is 14.4. The quantitative estimate of drug-likeness (QED) is 0.782. The highest BCUT2D eigenvalue weighted by Gasteiger charge is 2.35. The van der Waals surface area contributed by atoms with Crippen molar-refractivity contribution in [3.63, 3.8) is 0 Å². The normalized spacial score (nSPS) is 18.5. The summed E-state index contributed by atoms with van der Waals surface area (Å²) in [6.45, 7) is 0.314. The van der Waals surface area contributed by atoms with E-state index in [-0.39, 0.29) is 23.5 Å². The van der Waals surface area contributed by atoms with Crippen LogP contribution in [0.15, 0.2) is 48.5 Å². The molecule has 138 valence electrons. The largest absolute Gasteiger partial charge is 0.496 e. The Bertz CT molecular complexity index is 896. The van der Waals surface area contributed by atoms with E-state index in [0.717, 1.165) is 5.56 Å². The first-order valence-electron chi connectivity index (χ1n) is 8.28. The number of rotatable bonds is 5. The molecule has 0 N–H and O–H groups in total. The summed E-state index contributed by atoms with van der Waals surface area (Å²) in [7, 11) is -1.61. The molecule has 1 saturated heterocycles. The lowest BCUT2D eigenvalue weighted by Gasteiger charge is -2.29. The topological polar surface area (TPSA) is 63.7 Å². The fraction of sp³-hybridized carbons (Fsp3) is 0.316. The van der Waals surface area contributed by atoms with Crippen LogP contribution in [0.3, 0.4) is 0 Å². The number of sulfone groups is 1. The van der Waals surface area contributed by atoms with Gasteiger partial charge in [-0.3, -0.25) is 4.79 Å². The lowest BCUT2D eigenvalue weighted by atomic mass is 10.1. The standard InChI is InChI=1S/C19H20ClNO4S/c1-25-18-5-3-2-4-17(18)19(22)21(16-10-11-26(23,24)13-16)12-14-6-8-15(20)9-7-14/h2-9,16H,10-13H2,1H3/t16-/m1/s1. The van der Waals surface area contributed by atoms with E-state index in [1.54, 1.807) is 41.3 Å². The molecule has 1 aliphatic rings. The maximum absolute atomic E-state index is 13.2. The highest BCUT2D eigenvalue weighted by Crippen LogP contribution is 2.26.